The zero-order valence-corrected chi connectivity index (χ0v) is 15.7. The standard InChI is InChI=1S/C17H20FN6O2P/c18-16(27)26-10-4-5-11-12(8-10)21-15(20-11)14-13(9-19-23-14)22-17(25)24-6-2-1-3-7-24/h4-5,8-9,16H,1-3,6-7,27H2,(H,19,23)(H,20,21)(H,22,25). The van der Waals surface area contributed by atoms with E-state index in [9.17, 15) is 9.18 Å². The number of urea groups is 1. The lowest BCUT2D eigenvalue weighted by Gasteiger charge is -2.26. The number of benzene rings is 1. The second kappa shape index (κ2) is 7.52. The van der Waals surface area contributed by atoms with Crippen molar-refractivity contribution in [2.75, 3.05) is 18.4 Å². The molecule has 0 radical (unpaired) electrons. The van der Waals surface area contributed by atoms with Crippen LogP contribution in [0.15, 0.2) is 24.4 Å². The maximum absolute atomic E-state index is 13.0. The number of alkyl halides is 1. The molecule has 3 N–H and O–H groups in total. The molecule has 142 valence electrons. The molecule has 3 heterocycles. The Morgan fingerprint density at radius 1 is 1.33 bits per heavy atom. The average Bonchev–Trinajstić information content (AvgIpc) is 3.27. The van der Waals surface area contributed by atoms with E-state index in [4.69, 9.17) is 4.74 Å². The quantitative estimate of drug-likeness (QED) is 0.594. The van der Waals surface area contributed by atoms with E-state index in [1.54, 1.807) is 29.3 Å². The van der Waals surface area contributed by atoms with Crippen LogP contribution in [0, 0.1) is 0 Å². The van der Waals surface area contributed by atoms with Gasteiger partial charge in [0.2, 0.25) is 6.10 Å². The summed E-state index contributed by atoms with van der Waals surface area (Å²) in [6.07, 6.45) is 3.28. The summed E-state index contributed by atoms with van der Waals surface area (Å²) in [5, 5.41) is 9.79. The molecule has 4 rings (SSSR count). The largest absolute Gasteiger partial charge is 0.457 e. The first kappa shape index (κ1) is 17.7. The predicted octanol–water partition coefficient (Wildman–Crippen LogP) is 3.48. The fourth-order valence-electron chi connectivity index (χ4n) is 3.16. The number of likely N-dealkylation sites (tertiary alicyclic amines) is 1. The Kier molecular flexibility index (Phi) is 4.94. The third kappa shape index (κ3) is 3.88. The summed E-state index contributed by atoms with van der Waals surface area (Å²) in [4.78, 5) is 21.9. The van der Waals surface area contributed by atoms with Crippen molar-refractivity contribution in [3.05, 3.63) is 24.4 Å². The molecule has 27 heavy (non-hydrogen) atoms. The Hall–Kier alpha value is -2.67. The first-order valence-electron chi connectivity index (χ1n) is 8.76. The van der Waals surface area contributed by atoms with E-state index in [1.165, 1.54) is 0 Å². The number of nitrogens with one attached hydrogen (secondary N) is 3. The van der Waals surface area contributed by atoms with Crippen LogP contribution in [0.5, 0.6) is 5.75 Å². The first-order valence-corrected chi connectivity index (χ1v) is 9.42. The van der Waals surface area contributed by atoms with Crippen molar-refractivity contribution in [1.29, 1.82) is 0 Å². The van der Waals surface area contributed by atoms with Crippen LogP contribution in [-0.4, -0.2) is 50.3 Å². The number of fused-ring (bicyclic) bond motifs is 1. The van der Waals surface area contributed by atoms with E-state index in [0.717, 1.165) is 32.4 Å². The number of nitrogens with zero attached hydrogens (tertiary/aromatic N) is 3. The Labute approximate surface area is 157 Å². The molecular formula is C17H20FN6O2P. The van der Waals surface area contributed by atoms with Crippen LogP contribution in [0.4, 0.5) is 14.9 Å². The van der Waals surface area contributed by atoms with Gasteiger partial charge in [-0.1, -0.05) is 9.24 Å². The molecule has 2 amide bonds. The number of carbonyl (C=O) groups is 1. The normalized spacial score (nSPS) is 15.7. The minimum absolute atomic E-state index is 0.140. The number of carbonyl (C=O) groups excluding carboxylic acids is 1. The van der Waals surface area contributed by atoms with Crippen LogP contribution in [0.1, 0.15) is 19.3 Å². The second-order valence-electron chi connectivity index (χ2n) is 6.37. The van der Waals surface area contributed by atoms with Gasteiger partial charge in [-0.2, -0.15) is 9.49 Å². The zero-order valence-electron chi connectivity index (χ0n) is 14.5. The monoisotopic (exact) mass is 390 g/mol. The van der Waals surface area contributed by atoms with Gasteiger partial charge >= 0.3 is 6.03 Å². The van der Waals surface area contributed by atoms with E-state index < -0.39 is 6.10 Å². The first-order chi connectivity index (χ1) is 13.1. The minimum Gasteiger partial charge on any atom is -0.457 e. The number of ether oxygens (including phenoxy) is 1. The molecule has 2 unspecified atom stereocenters. The number of piperidine rings is 1. The Balaban J connectivity index is 1.57. The number of aromatic amines is 2. The molecule has 10 heteroatoms. The smallest absolute Gasteiger partial charge is 0.321 e. The molecular weight excluding hydrogens is 370 g/mol. The summed E-state index contributed by atoms with van der Waals surface area (Å²) < 4.78 is 18.0. The van der Waals surface area contributed by atoms with Crippen molar-refractivity contribution in [2.24, 2.45) is 0 Å². The third-order valence-corrected chi connectivity index (χ3v) is 4.60. The summed E-state index contributed by atoms with van der Waals surface area (Å²) in [5.41, 5.74) is 2.51. The number of hydrogen-bond acceptors (Lipinski definition) is 4. The molecule has 0 bridgehead atoms. The summed E-state index contributed by atoms with van der Waals surface area (Å²) >= 11 is 0. The highest BCUT2D eigenvalue weighted by Crippen LogP contribution is 2.28. The second-order valence-corrected chi connectivity index (χ2v) is 6.89. The van der Waals surface area contributed by atoms with Crippen LogP contribution in [0.25, 0.3) is 22.6 Å². The van der Waals surface area contributed by atoms with Gasteiger partial charge in [0.25, 0.3) is 0 Å². The average molecular weight is 390 g/mol. The Bertz CT molecular complexity index is 950. The number of halogens is 1. The van der Waals surface area contributed by atoms with Crippen LogP contribution >= 0.6 is 9.24 Å². The number of aromatic nitrogens is 4. The van der Waals surface area contributed by atoms with Crippen molar-refractivity contribution >= 4 is 32.0 Å². The lowest BCUT2D eigenvalue weighted by atomic mass is 10.1. The fraction of sp³-hybridized carbons (Fsp3) is 0.353. The molecule has 8 nitrogen and oxygen atoms in total. The summed E-state index contributed by atoms with van der Waals surface area (Å²) in [5.74, 6) is 0.916. The van der Waals surface area contributed by atoms with Crippen molar-refractivity contribution in [1.82, 2.24) is 25.1 Å². The van der Waals surface area contributed by atoms with Crippen LogP contribution in [-0.2, 0) is 0 Å². The highest BCUT2D eigenvalue weighted by molar-refractivity contribution is 7.16. The molecule has 3 aromatic rings. The van der Waals surface area contributed by atoms with E-state index in [-0.39, 0.29) is 6.03 Å². The number of H-pyrrole nitrogens is 2. The highest BCUT2D eigenvalue weighted by atomic mass is 31.0. The van der Waals surface area contributed by atoms with Gasteiger partial charge in [0, 0.05) is 19.2 Å². The fourth-order valence-corrected chi connectivity index (χ4v) is 3.32. The SMILES string of the molecule is O=C(Nc1cn[nH]c1-c1nc2ccc(OC(F)P)cc2[nH]1)N1CCCCC1. The Morgan fingerprint density at radius 3 is 2.93 bits per heavy atom. The number of anilines is 1. The molecule has 0 saturated carbocycles. The van der Waals surface area contributed by atoms with Gasteiger partial charge in [0.05, 0.1) is 22.9 Å². The summed E-state index contributed by atoms with van der Waals surface area (Å²) in [7, 11) is 1.94. The van der Waals surface area contributed by atoms with E-state index in [1.807, 2.05) is 9.24 Å². The van der Waals surface area contributed by atoms with Gasteiger partial charge in [-0.15, -0.1) is 0 Å². The van der Waals surface area contributed by atoms with Gasteiger partial charge in [-0.25, -0.2) is 9.78 Å². The van der Waals surface area contributed by atoms with Crippen LogP contribution < -0.4 is 10.1 Å². The maximum atomic E-state index is 13.0. The van der Waals surface area contributed by atoms with Crippen LogP contribution in [0.3, 0.4) is 0 Å². The molecule has 2 aromatic heterocycles. The van der Waals surface area contributed by atoms with Gasteiger partial charge in [0.15, 0.2) is 5.82 Å². The van der Waals surface area contributed by atoms with Crippen molar-refractivity contribution < 1.29 is 13.9 Å². The number of hydrogen-bond donors (Lipinski definition) is 3. The third-order valence-electron chi connectivity index (χ3n) is 4.46. The molecule has 1 fully saturated rings. The summed E-state index contributed by atoms with van der Waals surface area (Å²) in [6, 6.07) is 4.92. The molecule has 0 spiro atoms. The van der Waals surface area contributed by atoms with Crippen LogP contribution in [0.2, 0.25) is 0 Å². The maximum Gasteiger partial charge on any atom is 0.321 e. The van der Waals surface area contributed by atoms with Crippen molar-refractivity contribution in [3.8, 4) is 17.3 Å². The number of rotatable bonds is 4. The van der Waals surface area contributed by atoms with E-state index in [0.29, 0.717) is 34.0 Å². The molecule has 1 aromatic carbocycles. The topological polar surface area (TPSA) is 98.9 Å². The lowest BCUT2D eigenvalue weighted by molar-refractivity contribution is 0.153. The Morgan fingerprint density at radius 2 is 2.15 bits per heavy atom. The molecule has 1 saturated heterocycles. The predicted molar refractivity (Wildman–Crippen MR) is 103 cm³/mol. The van der Waals surface area contributed by atoms with Crippen molar-refractivity contribution in [2.45, 2.75) is 25.4 Å². The van der Waals surface area contributed by atoms with E-state index in [2.05, 4.69) is 25.5 Å². The van der Waals surface area contributed by atoms with Gasteiger partial charge in [-0.05, 0) is 31.4 Å². The molecule has 1 aliphatic heterocycles. The molecule has 0 aliphatic carbocycles. The van der Waals surface area contributed by atoms with Gasteiger partial charge in [-0.3, -0.25) is 5.10 Å². The molecule has 2 atom stereocenters. The zero-order chi connectivity index (χ0) is 18.8. The number of amides is 2. The van der Waals surface area contributed by atoms with E-state index >= 15 is 0 Å². The summed E-state index contributed by atoms with van der Waals surface area (Å²) in [6.45, 7) is 1.52. The molecule has 1 aliphatic rings. The van der Waals surface area contributed by atoms with Crippen molar-refractivity contribution in [3.63, 3.8) is 0 Å². The number of imidazole rings is 1. The van der Waals surface area contributed by atoms with Gasteiger partial charge in [0.1, 0.15) is 11.4 Å². The lowest BCUT2D eigenvalue weighted by Crippen LogP contribution is -2.38. The highest BCUT2D eigenvalue weighted by Gasteiger charge is 2.20. The minimum atomic E-state index is -1.48. The van der Waals surface area contributed by atoms with Gasteiger partial charge < -0.3 is 19.9 Å².